The van der Waals surface area contributed by atoms with Crippen LogP contribution in [0.3, 0.4) is 0 Å². The summed E-state index contributed by atoms with van der Waals surface area (Å²) in [4.78, 5) is 96.0. The van der Waals surface area contributed by atoms with E-state index in [-0.39, 0.29) is 83.8 Å². The molecule has 24 heteroatoms. The lowest BCUT2D eigenvalue weighted by Crippen LogP contribution is -2.58. The lowest BCUT2D eigenvalue weighted by Gasteiger charge is -2.44. The first-order valence-corrected chi connectivity index (χ1v) is 31.4. The maximum atomic E-state index is 16.3. The molecule has 18 nitrogen and oxygen atoms in total. The van der Waals surface area contributed by atoms with E-state index in [1.165, 1.54) is 29.4 Å². The molecule has 0 bridgehead atoms. The number of nitrogens with one attached hydrogen (secondary N) is 3. The number of carbonyl (C=O) groups excluding carboxylic acids is 5. The van der Waals surface area contributed by atoms with E-state index in [4.69, 9.17) is 0 Å². The molecule has 4 aliphatic rings. The number of anilines is 4. The van der Waals surface area contributed by atoms with Gasteiger partial charge in [-0.15, -0.1) is 11.3 Å². The number of amides is 5. The predicted molar refractivity (Wildman–Crippen MR) is 336 cm³/mol. The second-order valence-corrected chi connectivity index (χ2v) is 26.2. The van der Waals surface area contributed by atoms with Crippen molar-refractivity contribution in [3.63, 3.8) is 0 Å². The van der Waals surface area contributed by atoms with Crippen LogP contribution in [0.1, 0.15) is 99.6 Å². The van der Waals surface area contributed by atoms with E-state index >= 15 is 4.39 Å². The first-order valence-electron chi connectivity index (χ1n) is 30.5. The number of piperidine rings is 1. The average molecular weight is 1260 g/mol. The van der Waals surface area contributed by atoms with Crippen molar-refractivity contribution in [3.8, 4) is 21.6 Å². The van der Waals surface area contributed by atoms with Gasteiger partial charge in [0.25, 0.3) is 5.91 Å². The number of β-amino-alcohol motifs (C(OH)–C–C–N with tert-alkyl or cyclic N) is 1. The molecule has 478 valence electrons. The molecule has 4 aromatic carbocycles. The zero-order valence-corrected chi connectivity index (χ0v) is 52.6. The summed E-state index contributed by atoms with van der Waals surface area (Å²) in [5.41, 5.74) is 3.75. The van der Waals surface area contributed by atoms with E-state index in [1.54, 1.807) is 16.8 Å². The first-order chi connectivity index (χ1) is 42.7. The van der Waals surface area contributed by atoms with E-state index in [0.717, 1.165) is 45.9 Å². The van der Waals surface area contributed by atoms with Gasteiger partial charge in [0.05, 0.1) is 63.1 Å². The second-order valence-electron chi connectivity index (χ2n) is 25.4. The molecule has 4 saturated heterocycles. The molecule has 4 fully saturated rings. The number of aryl methyl sites for hydroxylation is 1. The molecule has 0 aliphatic carbocycles. The Balaban J connectivity index is 0.741. The van der Waals surface area contributed by atoms with Crippen LogP contribution in [0.4, 0.5) is 45.0 Å². The van der Waals surface area contributed by atoms with Crippen LogP contribution < -0.4 is 30.7 Å². The molecule has 5 amide bonds. The van der Waals surface area contributed by atoms with Crippen molar-refractivity contribution < 1.29 is 51.0 Å². The van der Waals surface area contributed by atoms with Gasteiger partial charge in [0.1, 0.15) is 23.7 Å². The molecule has 2 aromatic heterocycles. The number of aliphatic hydroxyl groups is 1. The van der Waals surface area contributed by atoms with Crippen LogP contribution in [-0.4, -0.2) is 161 Å². The summed E-state index contributed by atoms with van der Waals surface area (Å²) in [7, 11) is 1.96. The summed E-state index contributed by atoms with van der Waals surface area (Å²) in [6, 6.07) is 17.6. The monoisotopic (exact) mass is 1260 g/mol. The van der Waals surface area contributed by atoms with Gasteiger partial charge < -0.3 is 45.6 Å². The summed E-state index contributed by atoms with van der Waals surface area (Å²) in [6.45, 7) is 16.9. The number of halogens is 5. The van der Waals surface area contributed by atoms with Gasteiger partial charge in [-0.3, -0.25) is 28.9 Å². The third-order valence-corrected chi connectivity index (χ3v) is 18.8. The summed E-state index contributed by atoms with van der Waals surface area (Å²) < 4.78 is 72.6. The van der Waals surface area contributed by atoms with Crippen molar-refractivity contribution in [2.75, 3.05) is 86.0 Å². The molecule has 0 spiro atoms. The van der Waals surface area contributed by atoms with Crippen LogP contribution in [0, 0.1) is 29.9 Å². The van der Waals surface area contributed by atoms with Crippen molar-refractivity contribution >= 4 is 63.9 Å². The van der Waals surface area contributed by atoms with Crippen molar-refractivity contribution in [1.29, 1.82) is 0 Å². The third kappa shape index (κ3) is 14.6. The van der Waals surface area contributed by atoms with Gasteiger partial charge >= 0.3 is 6.18 Å². The fraction of sp³-hybridized carbons (Fsp3) is 0.455. The number of thiazole rings is 1. The zero-order chi connectivity index (χ0) is 64.5. The predicted octanol–water partition coefficient (Wildman–Crippen LogP) is 9.13. The number of hydrogen-bond acceptors (Lipinski definition) is 14. The number of benzene rings is 4. The molecule has 7 atom stereocenters. The molecule has 4 aliphatic heterocycles. The van der Waals surface area contributed by atoms with E-state index in [0.29, 0.717) is 70.3 Å². The highest BCUT2D eigenvalue weighted by Crippen LogP contribution is 2.39. The first kappa shape index (κ1) is 64.9. The van der Waals surface area contributed by atoms with E-state index in [2.05, 4.69) is 40.7 Å². The highest BCUT2D eigenvalue weighted by atomic mass is 32.1. The van der Waals surface area contributed by atoms with E-state index < -0.39 is 70.3 Å². The van der Waals surface area contributed by atoms with Crippen LogP contribution in [0.2, 0.25) is 0 Å². The van der Waals surface area contributed by atoms with Crippen LogP contribution in [0.25, 0.3) is 21.6 Å². The molecular formula is C66H77F5N12O6S. The number of hydrogen-bond donors (Lipinski definition) is 4. The van der Waals surface area contributed by atoms with Crippen LogP contribution in [0.5, 0.6) is 0 Å². The maximum Gasteiger partial charge on any atom is 0.417 e. The van der Waals surface area contributed by atoms with Gasteiger partial charge in [-0.1, -0.05) is 57.2 Å². The van der Waals surface area contributed by atoms with Crippen LogP contribution in [0.15, 0.2) is 96.8 Å². The minimum Gasteiger partial charge on any atom is -0.391 e. The van der Waals surface area contributed by atoms with E-state index in [9.17, 15) is 46.6 Å². The van der Waals surface area contributed by atoms with Crippen LogP contribution >= 0.6 is 11.3 Å². The quantitative estimate of drug-likeness (QED) is 0.0711. The van der Waals surface area contributed by atoms with Gasteiger partial charge in [0.2, 0.25) is 29.6 Å². The minimum absolute atomic E-state index is 0.0102. The molecular weight excluding hydrogens is 1180 g/mol. The van der Waals surface area contributed by atoms with Crippen molar-refractivity contribution in [2.45, 2.75) is 117 Å². The van der Waals surface area contributed by atoms with E-state index in [1.807, 2.05) is 119 Å². The Morgan fingerprint density at radius 3 is 2.14 bits per heavy atom. The van der Waals surface area contributed by atoms with Gasteiger partial charge in [0.15, 0.2) is 0 Å². The Labute approximate surface area is 524 Å². The van der Waals surface area contributed by atoms with Crippen molar-refractivity contribution in [1.82, 2.24) is 40.3 Å². The number of piperazine rings is 2. The Bertz CT molecular complexity index is 3600. The number of alkyl halides is 3. The molecule has 6 heterocycles. The topological polar surface area (TPSA) is 200 Å². The Morgan fingerprint density at radius 1 is 0.789 bits per heavy atom. The molecule has 4 N–H and O–H groups in total. The normalized spacial score (nSPS) is 20.8. The van der Waals surface area contributed by atoms with Crippen LogP contribution in [-0.2, 0) is 31.8 Å². The largest absolute Gasteiger partial charge is 0.417 e. The fourth-order valence-electron chi connectivity index (χ4n) is 12.6. The number of aliphatic hydroxyl groups excluding tert-OH is 1. The molecule has 0 radical (unpaired) electrons. The number of carbonyl (C=O) groups is 5. The van der Waals surface area contributed by atoms with Gasteiger partial charge in [-0.05, 0) is 112 Å². The molecule has 10 rings (SSSR count). The van der Waals surface area contributed by atoms with Gasteiger partial charge in [0, 0.05) is 107 Å². The Kier molecular flexibility index (Phi) is 19.3. The number of nitrogens with zero attached hydrogens (tertiary/aromatic N) is 9. The SMILES string of the molecule is Cc1ncsc1-c1ccc([C@H](C)NC(=O)[C@@H]2C[C@@H](O)CN2C(=O)[C@@H](NC(=O)Cc2cccc(N3CCCC(C(=O)N4CCN(c5ncc(-c6cc(NC(=O)c7ccc(F)cc7C(F)(F)F)c(N7C[C@@H](C)N(C)[C@@H](C)C7)cc6F)cn5)CC4)C3)c2)C(C)(C)C)cc1. The fourth-order valence-corrected chi connectivity index (χ4v) is 13.4. The van der Waals surface area contributed by atoms with Crippen molar-refractivity contribution in [3.05, 3.63) is 136 Å². The maximum absolute atomic E-state index is 16.3. The molecule has 0 saturated carbocycles. The van der Waals surface area contributed by atoms with Gasteiger partial charge in [-0.2, -0.15) is 13.2 Å². The molecule has 1 unspecified atom stereocenters. The average Bonchev–Trinajstić information content (AvgIpc) is 1.65. The lowest BCUT2D eigenvalue weighted by atomic mass is 9.85. The molecule has 90 heavy (non-hydrogen) atoms. The van der Waals surface area contributed by atoms with Gasteiger partial charge in [-0.25, -0.2) is 23.7 Å². The minimum atomic E-state index is -5.03. The molecule has 6 aromatic rings. The highest BCUT2D eigenvalue weighted by molar-refractivity contribution is 7.13. The number of likely N-dealkylation sites (tertiary alicyclic amines) is 1. The zero-order valence-electron chi connectivity index (χ0n) is 51.8. The van der Waals surface area contributed by atoms with Crippen molar-refractivity contribution in [2.24, 2.45) is 11.3 Å². The smallest absolute Gasteiger partial charge is 0.391 e. The summed E-state index contributed by atoms with van der Waals surface area (Å²) in [5.74, 6) is -4.15. The third-order valence-electron chi connectivity index (χ3n) is 17.9. The Hall–Kier alpha value is -8.09. The summed E-state index contributed by atoms with van der Waals surface area (Å²) in [5, 5.41) is 19.4. The standard InChI is InChI=1S/C66H77F5N12O6S/c1-38-33-82(34-39(2)78(38)8)55-30-53(68)51(29-54(55)76-60(86)50-19-18-47(67)27-52(50)66(69,70)71)46-31-72-64(73-32-46)80-23-21-79(22-24-80)62(88)45-12-10-20-81(35-45)48-13-9-11-42(25-48)26-57(85)77-59(65(5,6)7)63(89)83-36-49(84)28-56(83)61(87)75-40(3)43-14-16-44(17-15-43)58-41(4)74-37-90-58/h9,11,13-19,25,27,29-32,37-40,45,49,56,59,84H,10,12,20-24,26,28,33-36H2,1-8H3,(H,75,87)(H,76,86)(H,77,85)/t38-,39+,40-,45?,49+,56-,59+/m0/s1. The second kappa shape index (κ2) is 26.8. The number of likely N-dealkylation sites (N-methyl/N-ethyl adjacent to an activating group) is 1. The summed E-state index contributed by atoms with van der Waals surface area (Å²) >= 11 is 1.56. The Morgan fingerprint density at radius 2 is 1.49 bits per heavy atom. The number of aromatic nitrogens is 3. The highest BCUT2D eigenvalue weighted by Gasteiger charge is 2.45. The summed E-state index contributed by atoms with van der Waals surface area (Å²) in [6.07, 6.45) is -1.62. The number of rotatable bonds is 15. The lowest BCUT2D eigenvalue weighted by molar-refractivity contribution is -0.144.